The molecule has 1 aliphatic heterocycles. The fraction of sp³-hybridized carbons (Fsp3) is 0.125. The first-order valence-electron chi connectivity index (χ1n) is 7.18. The fourth-order valence-electron chi connectivity index (χ4n) is 2.53. The lowest BCUT2D eigenvalue weighted by Gasteiger charge is -2.22. The molecule has 0 saturated heterocycles. The number of sulfonamides is 1. The second-order valence-corrected chi connectivity index (χ2v) is 7.94. The highest BCUT2D eigenvalue weighted by atomic mass is 35.5. The summed E-state index contributed by atoms with van der Waals surface area (Å²) in [6.45, 7) is 1.33. The highest BCUT2D eigenvalue weighted by Crippen LogP contribution is 2.33. The van der Waals surface area contributed by atoms with Crippen LogP contribution in [0.15, 0.2) is 47.4 Å². The lowest BCUT2D eigenvalue weighted by Crippen LogP contribution is -2.45. The molecule has 2 aromatic rings. The van der Waals surface area contributed by atoms with E-state index in [-0.39, 0.29) is 26.2 Å². The second kappa shape index (κ2) is 6.33. The van der Waals surface area contributed by atoms with Crippen LogP contribution in [0.25, 0.3) is 0 Å². The van der Waals surface area contributed by atoms with Crippen LogP contribution in [0.5, 0.6) is 0 Å². The molecule has 0 radical (unpaired) electrons. The van der Waals surface area contributed by atoms with Crippen LogP contribution >= 0.6 is 23.2 Å². The number of hydrogen-bond donors (Lipinski definition) is 1. The first kappa shape index (κ1) is 17.7. The van der Waals surface area contributed by atoms with Gasteiger partial charge in [0.15, 0.2) is 0 Å². The molecule has 130 valence electrons. The van der Waals surface area contributed by atoms with Gasteiger partial charge < -0.3 is 5.32 Å². The number of rotatable bonds is 3. The first-order valence-corrected chi connectivity index (χ1v) is 9.37. The standard InChI is InChI=1S/C16H12Cl2N2O4S/c1-9(15(21)19-12-7-4-6-11(17)14(12)18)20-16(22)10-5-2-3-8-13(10)25(20,23)24/h2-9H,1H3,(H,19,21). The molecule has 0 aliphatic carbocycles. The largest absolute Gasteiger partial charge is 0.323 e. The SMILES string of the molecule is CC(C(=O)Nc1cccc(Cl)c1Cl)N1C(=O)c2ccccc2S1(=O)=O. The third kappa shape index (κ3) is 2.88. The zero-order valence-corrected chi connectivity index (χ0v) is 15.2. The van der Waals surface area contributed by atoms with E-state index >= 15 is 0 Å². The minimum Gasteiger partial charge on any atom is -0.323 e. The average Bonchev–Trinajstić information content (AvgIpc) is 2.78. The Bertz CT molecular complexity index is 991. The van der Waals surface area contributed by atoms with Crippen molar-refractivity contribution in [3.8, 4) is 0 Å². The summed E-state index contributed by atoms with van der Waals surface area (Å²) in [6, 6.07) is 9.22. The van der Waals surface area contributed by atoms with Crippen LogP contribution in [0.3, 0.4) is 0 Å². The Kier molecular flexibility index (Phi) is 4.49. The number of carbonyl (C=O) groups is 2. The Balaban J connectivity index is 1.91. The van der Waals surface area contributed by atoms with Gasteiger partial charge in [0.1, 0.15) is 10.9 Å². The molecule has 1 aliphatic rings. The maximum Gasteiger partial charge on any atom is 0.269 e. The molecule has 1 heterocycles. The molecule has 0 spiro atoms. The summed E-state index contributed by atoms with van der Waals surface area (Å²) in [5.41, 5.74) is 0.274. The Morgan fingerprint density at radius 2 is 1.80 bits per heavy atom. The predicted octanol–water partition coefficient (Wildman–Crippen LogP) is 3.17. The molecule has 3 rings (SSSR count). The smallest absolute Gasteiger partial charge is 0.269 e. The zero-order valence-electron chi connectivity index (χ0n) is 12.9. The zero-order chi connectivity index (χ0) is 18.4. The number of anilines is 1. The van der Waals surface area contributed by atoms with E-state index < -0.39 is 27.9 Å². The fourth-order valence-corrected chi connectivity index (χ4v) is 4.60. The van der Waals surface area contributed by atoms with Crippen molar-refractivity contribution in [2.24, 2.45) is 0 Å². The van der Waals surface area contributed by atoms with Crippen LogP contribution in [0, 0.1) is 0 Å². The van der Waals surface area contributed by atoms with Gasteiger partial charge in [-0.2, -0.15) is 0 Å². The summed E-state index contributed by atoms with van der Waals surface area (Å²) < 4.78 is 25.8. The predicted molar refractivity (Wildman–Crippen MR) is 94.4 cm³/mol. The van der Waals surface area contributed by atoms with Crippen molar-refractivity contribution in [1.29, 1.82) is 0 Å². The minimum atomic E-state index is -4.09. The highest BCUT2D eigenvalue weighted by molar-refractivity contribution is 7.90. The van der Waals surface area contributed by atoms with Gasteiger partial charge in [-0.3, -0.25) is 9.59 Å². The topological polar surface area (TPSA) is 83.6 Å². The van der Waals surface area contributed by atoms with Crippen LogP contribution in [0.2, 0.25) is 10.0 Å². The number of amides is 2. The van der Waals surface area contributed by atoms with E-state index in [1.807, 2.05) is 0 Å². The Labute approximate surface area is 154 Å². The number of nitrogens with one attached hydrogen (secondary N) is 1. The number of benzene rings is 2. The molecule has 0 fully saturated rings. The molecule has 6 nitrogen and oxygen atoms in total. The van der Waals surface area contributed by atoms with Crippen molar-refractivity contribution in [3.63, 3.8) is 0 Å². The number of hydrogen-bond acceptors (Lipinski definition) is 4. The molecule has 2 aromatic carbocycles. The third-order valence-electron chi connectivity index (χ3n) is 3.80. The third-order valence-corrected chi connectivity index (χ3v) is 6.53. The van der Waals surface area contributed by atoms with Gasteiger partial charge in [0.25, 0.3) is 15.9 Å². The quantitative estimate of drug-likeness (QED) is 0.860. The number of fused-ring (bicyclic) bond motifs is 1. The highest BCUT2D eigenvalue weighted by Gasteiger charge is 2.45. The monoisotopic (exact) mass is 398 g/mol. The van der Waals surface area contributed by atoms with E-state index in [9.17, 15) is 18.0 Å². The number of nitrogens with zero attached hydrogens (tertiary/aromatic N) is 1. The summed E-state index contributed by atoms with van der Waals surface area (Å²) in [6.07, 6.45) is 0. The second-order valence-electron chi connectivity index (χ2n) is 5.37. The summed E-state index contributed by atoms with van der Waals surface area (Å²) >= 11 is 11.9. The van der Waals surface area contributed by atoms with E-state index in [2.05, 4.69) is 5.32 Å². The number of carbonyl (C=O) groups excluding carboxylic acids is 2. The Hall–Kier alpha value is -2.09. The summed E-state index contributed by atoms with van der Waals surface area (Å²) in [5, 5.41) is 2.87. The van der Waals surface area contributed by atoms with Gasteiger partial charge in [0.2, 0.25) is 5.91 Å². The van der Waals surface area contributed by atoms with Crippen molar-refractivity contribution in [2.45, 2.75) is 17.9 Å². The van der Waals surface area contributed by atoms with E-state index in [0.29, 0.717) is 4.31 Å². The van der Waals surface area contributed by atoms with Gasteiger partial charge in [-0.15, -0.1) is 0 Å². The molecular weight excluding hydrogens is 387 g/mol. The maximum atomic E-state index is 12.6. The van der Waals surface area contributed by atoms with Crippen molar-refractivity contribution in [3.05, 3.63) is 58.1 Å². The summed E-state index contributed by atoms with van der Waals surface area (Å²) in [5.74, 6) is -1.44. The summed E-state index contributed by atoms with van der Waals surface area (Å²) in [7, 11) is -4.09. The van der Waals surface area contributed by atoms with Crippen molar-refractivity contribution in [2.75, 3.05) is 5.32 Å². The molecule has 0 saturated carbocycles. The molecular formula is C16H12Cl2N2O4S. The average molecular weight is 399 g/mol. The Morgan fingerprint density at radius 1 is 1.12 bits per heavy atom. The molecule has 9 heteroatoms. The number of halogens is 2. The van der Waals surface area contributed by atoms with Crippen molar-refractivity contribution < 1.29 is 18.0 Å². The Morgan fingerprint density at radius 3 is 2.48 bits per heavy atom. The molecule has 1 atom stereocenters. The van der Waals surface area contributed by atoms with Gasteiger partial charge in [-0.05, 0) is 31.2 Å². The van der Waals surface area contributed by atoms with Gasteiger partial charge >= 0.3 is 0 Å². The van der Waals surface area contributed by atoms with Gasteiger partial charge in [0.05, 0.1) is 21.3 Å². The van der Waals surface area contributed by atoms with Crippen molar-refractivity contribution in [1.82, 2.24) is 4.31 Å². The molecule has 2 amide bonds. The van der Waals surface area contributed by atoms with Gasteiger partial charge in [-0.1, -0.05) is 41.4 Å². The van der Waals surface area contributed by atoms with Gasteiger partial charge in [-0.25, -0.2) is 12.7 Å². The molecule has 25 heavy (non-hydrogen) atoms. The van der Waals surface area contributed by atoms with Crippen LogP contribution in [-0.4, -0.2) is 30.6 Å². The molecule has 0 aromatic heterocycles. The van der Waals surface area contributed by atoms with Crippen LogP contribution in [0.4, 0.5) is 5.69 Å². The van der Waals surface area contributed by atoms with Crippen LogP contribution in [-0.2, 0) is 14.8 Å². The molecule has 0 bridgehead atoms. The van der Waals surface area contributed by atoms with Crippen LogP contribution < -0.4 is 5.32 Å². The summed E-state index contributed by atoms with van der Waals surface area (Å²) in [4.78, 5) is 24.8. The van der Waals surface area contributed by atoms with E-state index in [1.165, 1.54) is 31.2 Å². The lowest BCUT2D eigenvalue weighted by atomic mass is 10.2. The van der Waals surface area contributed by atoms with Crippen LogP contribution in [0.1, 0.15) is 17.3 Å². The van der Waals surface area contributed by atoms with E-state index in [4.69, 9.17) is 23.2 Å². The normalized spacial score (nSPS) is 16.4. The molecule has 1 unspecified atom stereocenters. The van der Waals surface area contributed by atoms with E-state index in [1.54, 1.807) is 18.2 Å². The first-order chi connectivity index (χ1) is 11.7. The van der Waals surface area contributed by atoms with E-state index in [0.717, 1.165) is 0 Å². The van der Waals surface area contributed by atoms with Crippen molar-refractivity contribution >= 4 is 50.7 Å². The molecule has 1 N–H and O–H groups in total. The lowest BCUT2D eigenvalue weighted by molar-refractivity contribution is -0.118. The maximum absolute atomic E-state index is 12.6. The minimum absolute atomic E-state index is 0.0444. The van der Waals surface area contributed by atoms with Gasteiger partial charge in [0, 0.05) is 0 Å².